The predicted molar refractivity (Wildman–Crippen MR) is 100 cm³/mol. The van der Waals surface area contributed by atoms with Crippen LogP contribution in [0.15, 0.2) is 35.9 Å². The van der Waals surface area contributed by atoms with Crippen LogP contribution < -0.4 is 4.90 Å². The van der Waals surface area contributed by atoms with Crippen molar-refractivity contribution in [3.63, 3.8) is 0 Å². The molecule has 2 aliphatic heterocycles. The van der Waals surface area contributed by atoms with E-state index in [-0.39, 0.29) is 17.9 Å². The zero-order valence-corrected chi connectivity index (χ0v) is 15.9. The molecule has 1 saturated heterocycles. The minimum atomic E-state index is -0.412. The van der Waals surface area contributed by atoms with Crippen LogP contribution in [0, 0.1) is 11.8 Å². The molecule has 1 fully saturated rings. The highest BCUT2D eigenvalue weighted by Gasteiger charge is 2.33. The number of ether oxygens (including phenoxy) is 2. The zero-order chi connectivity index (χ0) is 19.6. The highest BCUT2D eigenvalue weighted by atomic mass is 16.5. The number of imide groups is 1. The van der Waals surface area contributed by atoms with Crippen LogP contribution in [0.3, 0.4) is 0 Å². The van der Waals surface area contributed by atoms with Gasteiger partial charge in [-0.2, -0.15) is 0 Å². The van der Waals surface area contributed by atoms with Crippen molar-refractivity contribution >= 4 is 23.5 Å². The second kappa shape index (κ2) is 8.05. The first-order valence-electron chi connectivity index (χ1n) is 9.34. The van der Waals surface area contributed by atoms with Crippen LogP contribution in [0.5, 0.6) is 0 Å². The summed E-state index contributed by atoms with van der Waals surface area (Å²) >= 11 is 0. The van der Waals surface area contributed by atoms with Crippen molar-refractivity contribution in [2.75, 3.05) is 18.1 Å². The lowest BCUT2D eigenvalue weighted by Gasteiger charge is -2.39. The molecule has 0 aromatic heterocycles. The van der Waals surface area contributed by atoms with Gasteiger partial charge in [-0.25, -0.2) is 9.69 Å². The van der Waals surface area contributed by atoms with Crippen molar-refractivity contribution in [1.82, 2.24) is 0 Å². The van der Waals surface area contributed by atoms with Gasteiger partial charge in [-0.05, 0) is 49.9 Å². The number of carbonyl (C=O) groups excluding carboxylic acids is 3. The average molecular weight is 371 g/mol. The molecule has 6 heteroatoms. The fourth-order valence-corrected chi connectivity index (χ4v) is 3.37. The third-order valence-corrected chi connectivity index (χ3v) is 5.16. The Bertz CT molecular complexity index is 765. The lowest BCUT2D eigenvalue weighted by Crippen LogP contribution is -2.42. The van der Waals surface area contributed by atoms with E-state index in [4.69, 9.17) is 9.47 Å². The fourth-order valence-electron chi connectivity index (χ4n) is 3.37. The molecule has 3 rings (SSSR count). The summed E-state index contributed by atoms with van der Waals surface area (Å²) in [4.78, 5) is 37.1. The molecule has 0 aliphatic carbocycles. The Kier molecular flexibility index (Phi) is 5.75. The maximum Gasteiger partial charge on any atom is 0.338 e. The Morgan fingerprint density at radius 1 is 1.26 bits per heavy atom. The molecule has 2 aliphatic rings. The number of hydrogen-bond acceptors (Lipinski definition) is 5. The van der Waals surface area contributed by atoms with Crippen LogP contribution in [0.2, 0.25) is 0 Å². The van der Waals surface area contributed by atoms with E-state index in [1.54, 1.807) is 31.2 Å². The van der Waals surface area contributed by atoms with E-state index in [0.717, 1.165) is 24.3 Å². The van der Waals surface area contributed by atoms with Crippen LogP contribution in [0.4, 0.5) is 5.69 Å². The monoisotopic (exact) mass is 371 g/mol. The summed E-state index contributed by atoms with van der Waals surface area (Å²) in [6.45, 7) is 7.17. The number of amides is 2. The quantitative estimate of drug-likeness (QED) is 0.418. The smallest absolute Gasteiger partial charge is 0.338 e. The van der Waals surface area contributed by atoms with Gasteiger partial charge in [-0.1, -0.05) is 13.8 Å². The van der Waals surface area contributed by atoms with E-state index in [0.29, 0.717) is 35.3 Å². The molecular formula is C21H25NO5. The van der Waals surface area contributed by atoms with Gasteiger partial charge >= 0.3 is 5.97 Å². The summed E-state index contributed by atoms with van der Waals surface area (Å²) in [5, 5.41) is 0. The van der Waals surface area contributed by atoms with E-state index in [9.17, 15) is 14.4 Å². The van der Waals surface area contributed by atoms with E-state index >= 15 is 0 Å². The lowest BCUT2D eigenvalue weighted by atomic mass is 9.85. The summed E-state index contributed by atoms with van der Waals surface area (Å²) < 4.78 is 10.9. The molecule has 0 radical (unpaired) electrons. The highest BCUT2D eigenvalue weighted by molar-refractivity contribution is 6.30. The topological polar surface area (TPSA) is 72.9 Å². The molecule has 144 valence electrons. The number of carbonyl (C=O) groups is 3. The van der Waals surface area contributed by atoms with Crippen molar-refractivity contribution in [3.05, 3.63) is 41.5 Å². The second-order valence-corrected chi connectivity index (χ2v) is 7.41. The van der Waals surface area contributed by atoms with E-state index in [2.05, 4.69) is 13.8 Å². The second-order valence-electron chi connectivity index (χ2n) is 7.41. The number of nitrogens with zero attached hydrogens (tertiary/aromatic N) is 1. The van der Waals surface area contributed by atoms with E-state index < -0.39 is 5.97 Å². The standard InChI is InChI=1S/C21H25NO5/c1-13(2)17-12-27-18(17)5-4-10-26-21(25)15-6-8-16(9-7-15)22-19(23)11-14(3)20(22)24/h6-9,11,13,17-18H,4-5,10,12H2,1-3H3. The molecule has 27 heavy (non-hydrogen) atoms. The Morgan fingerprint density at radius 3 is 2.48 bits per heavy atom. The molecule has 0 bridgehead atoms. The molecule has 2 amide bonds. The van der Waals surface area contributed by atoms with Gasteiger partial charge in [0.05, 0.1) is 30.6 Å². The minimum Gasteiger partial charge on any atom is -0.462 e. The normalized spacial score (nSPS) is 22.1. The molecule has 1 aromatic carbocycles. The third kappa shape index (κ3) is 4.11. The maximum atomic E-state index is 12.1. The lowest BCUT2D eigenvalue weighted by molar-refractivity contribution is -0.136. The number of anilines is 1. The molecule has 0 saturated carbocycles. The Labute approximate surface area is 159 Å². The van der Waals surface area contributed by atoms with Gasteiger partial charge in [0.2, 0.25) is 0 Å². The van der Waals surface area contributed by atoms with Gasteiger partial charge in [0.25, 0.3) is 11.8 Å². The van der Waals surface area contributed by atoms with Crippen molar-refractivity contribution in [1.29, 1.82) is 0 Å². The highest BCUT2D eigenvalue weighted by Crippen LogP contribution is 2.30. The Balaban J connectivity index is 1.47. The maximum absolute atomic E-state index is 12.1. The Hall–Kier alpha value is -2.47. The van der Waals surface area contributed by atoms with Crippen molar-refractivity contribution in [2.24, 2.45) is 11.8 Å². The van der Waals surface area contributed by atoms with Gasteiger partial charge in [0.1, 0.15) is 0 Å². The molecule has 2 unspecified atom stereocenters. The van der Waals surface area contributed by atoms with Gasteiger partial charge in [0.15, 0.2) is 0 Å². The summed E-state index contributed by atoms with van der Waals surface area (Å²) in [5.41, 5.74) is 1.23. The van der Waals surface area contributed by atoms with Crippen LogP contribution >= 0.6 is 0 Å². The number of rotatable bonds is 7. The predicted octanol–water partition coefficient (Wildman–Crippen LogP) is 3.11. The number of esters is 1. The van der Waals surface area contributed by atoms with Gasteiger partial charge in [0, 0.05) is 17.6 Å². The summed E-state index contributed by atoms with van der Waals surface area (Å²) in [6.07, 6.45) is 3.23. The summed E-state index contributed by atoms with van der Waals surface area (Å²) in [5.74, 6) is 0.0874. The molecular weight excluding hydrogens is 346 g/mol. The van der Waals surface area contributed by atoms with E-state index in [1.165, 1.54) is 6.08 Å². The van der Waals surface area contributed by atoms with Gasteiger partial charge in [-0.15, -0.1) is 0 Å². The molecule has 2 atom stereocenters. The fraction of sp³-hybridized carbons (Fsp3) is 0.476. The minimum absolute atomic E-state index is 0.274. The van der Waals surface area contributed by atoms with Crippen molar-refractivity contribution in [2.45, 2.75) is 39.7 Å². The first-order chi connectivity index (χ1) is 12.9. The Morgan fingerprint density at radius 2 is 1.96 bits per heavy atom. The SMILES string of the molecule is CC1=CC(=O)N(c2ccc(C(=O)OCCCC3OCC3C(C)C)cc2)C1=O. The number of benzene rings is 1. The van der Waals surface area contributed by atoms with Crippen LogP contribution in [-0.2, 0) is 19.1 Å². The molecule has 6 nitrogen and oxygen atoms in total. The van der Waals surface area contributed by atoms with Crippen LogP contribution in [0.25, 0.3) is 0 Å². The third-order valence-electron chi connectivity index (χ3n) is 5.16. The zero-order valence-electron chi connectivity index (χ0n) is 15.9. The molecule has 2 heterocycles. The number of hydrogen-bond donors (Lipinski definition) is 0. The summed E-state index contributed by atoms with van der Waals surface area (Å²) in [7, 11) is 0. The first-order valence-corrected chi connectivity index (χ1v) is 9.34. The first kappa shape index (κ1) is 19.3. The average Bonchev–Trinajstić information content (AvgIpc) is 2.85. The van der Waals surface area contributed by atoms with Crippen LogP contribution in [0.1, 0.15) is 44.0 Å². The molecule has 0 spiro atoms. The molecule has 1 aromatic rings. The van der Waals surface area contributed by atoms with Gasteiger partial charge in [-0.3, -0.25) is 9.59 Å². The van der Waals surface area contributed by atoms with Crippen LogP contribution in [-0.4, -0.2) is 37.1 Å². The summed E-state index contributed by atoms with van der Waals surface area (Å²) in [6, 6.07) is 6.29. The largest absolute Gasteiger partial charge is 0.462 e. The van der Waals surface area contributed by atoms with Crippen molar-refractivity contribution in [3.8, 4) is 0 Å². The van der Waals surface area contributed by atoms with E-state index in [1.807, 2.05) is 0 Å². The van der Waals surface area contributed by atoms with Gasteiger partial charge < -0.3 is 9.47 Å². The molecule has 0 N–H and O–H groups in total. The van der Waals surface area contributed by atoms with Crippen molar-refractivity contribution < 1.29 is 23.9 Å².